The molecule has 0 radical (unpaired) electrons. The Morgan fingerprint density at radius 1 is 0.885 bits per heavy atom. The van der Waals surface area contributed by atoms with E-state index < -0.39 is 0 Å². The van der Waals surface area contributed by atoms with Crippen molar-refractivity contribution in [3.8, 4) is 5.69 Å². The van der Waals surface area contributed by atoms with Gasteiger partial charge in [0, 0.05) is 17.0 Å². The molecular weight excluding hydrogens is 318 g/mol. The number of fused-ring (bicyclic) bond motifs is 1. The molecule has 0 aliphatic carbocycles. The van der Waals surface area contributed by atoms with Gasteiger partial charge in [0.05, 0.1) is 11.4 Å². The molecule has 0 aliphatic rings. The maximum atomic E-state index is 4.90. The van der Waals surface area contributed by atoms with Gasteiger partial charge in [-0.05, 0) is 71.1 Å². The molecule has 2 heterocycles. The Labute approximate surface area is 157 Å². The fourth-order valence-electron chi connectivity index (χ4n) is 4.38. The van der Waals surface area contributed by atoms with E-state index >= 15 is 0 Å². The molecule has 0 spiro atoms. The molecule has 3 nitrogen and oxygen atoms in total. The van der Waals surface area contributed by atoms with E-state index in [1.165, 1.54) is 44.7 Å². The largest absolute Gasteiger partial charge is 0.298 e. The van der Waals surface area contributed by atoms with Crippen molar-refractivity contribution in [3.63, 3.8) is 0 Å². The molecule has 0 amide bonds. The zero-order chi connectivity index (χ0) is 19.2. The molecule has 3 aromatic rings. The van der Waals surface area contributed by atoms with E-state index in [0.29, 0.717) is 5.92 Å². The Morgan fingerprint density at radius 2 is 1.46 bits per heavy atom. The highest BCUT2D eigenvalue weighted by atomic mass is 15.1. The minimum atomic E-state index is 0.480. The van der Waals surface area contributed by atoms with Crippen LogP contribution in [0.15, 0.2) is 12.1 Å². The molecule has 0 saturated heterocycles. The van der Waals surface area contributed by atoms with Gasteiger partial charge in [-0.15, -0.1) is 0 Å². The molecule has 2 aromatic heterocycles. The predicted molar refractivity (Wildman–Crippen MR) is 111 cm³/mol. The number of aromatic nitrogens is 3. The molecule has 3 rings (SSSR count). The fourth-order valence-corrected chi connectivity index (χ4v) is 4.38. The maximum Gasteiger partial charge on any atom is 0.148 e. The van der Waals surface area contributed by atoms with Crippen LogP contribution in [0.4, 0.5) is 0 Å². The smallest absolute Gasteiger partial charge is 0.148 e. The van der Waals surface area contributed by atoms with Gasteiger partial charge in [0.25, 0.3) is 0 Å². The molecule has 0 aliphatic heterocycles. The van der Waals surface area contributed by atoms with Crippen LogP contribution in [0.3, 0.4) is 0 Å². The Bertz CT molecular complexity index is 952. The normalized spacial score (nSPS) is 11.7. The van der Waals surface area contributed by atoms with Gasteiger partial charge in [0.1, 0.15) is 11.5 Å². The van der Waals surface area contributed by atoms with E-state index in [9.17, 15) is 0 Å². The molecule has 0 atom stereocenters. The number of hydrogen-bond donors (Lipinski definition) is 0. The lowest BCUT2D eigenvalue weighted by Gasteiger charge is -2.17. The first-order valence-electron chi connectivity index (χ1n) is 9.74. The SMILES string of the molecule is CCC(CC)c1nc(C)nc2c1c(C)c(C)n2-c1c(C)cc(C)cc1C. The topological polar surface area (TPSA) is 30.7 Å². The number of benzene rings is 1. The van der Waals surface area contributed by atoms with Crippen LogP contribution in [0, 0.1) is 41.5 Å². The van der Waals surface area contributed by atoms with Gasteiger partial charge in [-0.3, -0.25) is 4.57 Å². The molecule has 138 valence electrons. The summed E-state index contributed by atoms with van der Waals surface area (Å²) in [6, 6.07) is 4.53. The first kappa shape index (κ1) is 18.6. The minimum absolute atomic E-state index is 0.480. The molecule has 1 aromatic carbocycles. The molecule has 0 unspecified atom stereocenters. The molecule has 26 heavy (non-hydrogen) atoms. The molecular formula is C23H31N3. The first-order valence-corrected chi connectivity index (χ1v) is 9.74. The van der Waals surface area contributed by atoms with E-state index in [2.05, 4.69) is 65.2 Å². The second-order valence-corrected chi connectivity index (χ2v) is 7.66. The zero-order valence-corrected chi connectivity index (χ0v) is 17.5. The van der Waals surface area contributed by atoms with Crippen LogP contribution in [-0.2, 0) is 0 Å². The van der Waals surface area contributed by atoms with Crippen molar-refractivity contribution < 1.29 is 0 Å². The lowest BCUT2D eigenvalue weighted by atomic mass is 9.95. The average Bonchev–Trinajstić information content (AvgIpc) is 2.80. The second kappa shape index (κ2) is 6.86. The average molecular weight is 350 g/mol. The summed E-state index contributed by atoms with van der Waals surface area (Å²) < 4.78 is 2.36. The number of rotatable bonds is 4. The summed E-state index contributed by atoms with van der Waals surface area (Å²) in [6.45, 7) is 17.5. The van der Waals surface area contributed by atoms with Crippen molar-refractivity contribution in [1.29, 1.82) is 0 Å². The highest BCUT2D eigenvalue weighted by molar-refractivity contribution is 5.87. The quantitative estimate of drug-likeness (QED) is 0.563. The third-order valence-electron chi connectivity index (χ3n) is 5.73. The molecule has 0 N–H and O–H groups in total. The van der Waals surface area contributed by atoms with Gasteiger partial charge in [0.2, 0.25) is 0 Å². The summed E-state index contributed by atoms with van der Waals surface area (Å²) in [5.41, 5.74) is 10.0. The van der Waals surface area contributed by atoms with E-state index in [1.54, 1.807) is 0 Å². The fraction of sp³-hybridized carbons (Fsp3) is 0.478. The van der Waals surface area contributed by atoms with Gasteiger partial charge in [-0.1, -0.05) is 31.5 Å². The standard InChI is InChI=1S/C23H31N3/c1-9-19(10-2)21-20-16(6)17(7)26(23(20)25-18(8)24-21)22-14(4)11-13(3)12-15(22)5/h11-12,19H,9-10H2,1-8H3. The van der Waals surface area contributed by atoms with Crippen LogP contribution in [-0.4, -0.2) is 14.5 Å². The molecule has 0 bridgehead atoms. The Hall–Kier alpha value is -2.16. The zero-order valence-electron chi connectivity index (χ0n) is 17.5. The van der Waals surface area contributed by atoms with Crippen LogP contribution >= 0.6 is 0 Å². The van der Waals surface area contributed by atoms with Crippen LogP contribution in [0.1, 0.15) is 72.1 Å². The van der Waals surface area contributed by atoms with Crippen LogP contribution < -0.4 is 0 Å². The third-order valence-corrected chi connectivity index (χ3v) is 5.73. The van der Waals surface area contributed by atoms with Gasteiger partial charge in [0.15, 0.2) is 0 Å². The third kappa shape index (κ3) is 2.84. The highest BCUT2D eigenvalue weighted by Gasteiger charge is 2.23. The lowest BCUT2D eigenvalue weighted by molar-refractivity contribution is 0.625. The van der Waals surface area contributed by atoms with Gasteiger partial charge >= 0.3 is 0 Å². The number of hydrogen-bond acceptors (Lipinski definition) is 2. The van der Waals surface area contributed by atoms with Crippen LogP contribution in [0.2, 0.25) is 0 Å². The van der Waals surface area contributed by atoms with E-state index in [0.717, 1.165) is 24.3 Å². The predicted octanol–water partition coefficient (Wildman–Crippen LogP) is 6.17. The van der Waals surface area contributed by atoms with Crippen molar-refractivity contribution in [2.75, 3.05) is 0 Å². The van der Waals surface area contributed by atoms with E-state index in [1.807, 2.05) is 6.92 Å². The monoisotopic (exact) mass is 349 g/mol. The summed E-state index contributed by atoms with van der Waals surface area (Å²) in [5, 5.41) is 1.25. The van der Waals surface area contributed by atoms with Gasteiger partial charge in [-0.2, -0.15) is 0 Å². The van der Waals surface area contributed by atoms with E-state index in [4.69, 9.17) is 9.97 Å². The van der Waals surface area contributed by atoms with Crippen LogP contribution in [0.25, 0.3) is 16.7 Å². The number of nitrogens with zero attached hydrogens (tertiary/aromatic N) is 3. The second-order valence-electron chi connectivity index (χ2n) is 7.66. The van der Waals surface area contributed by atoms with Gasteiger partial charge < -0.3 is 0 Å². The molecule has 0 saturated carbocycles. The van der Waals surface area contributed by atoms with Crippen molar-refractivity contribution >= 4 is 11.0 Å². The minimum Gasteiger partial charge on any atom is -0.298 e. The van der Waals surface area contributed by atoms with Crippen LogP contribution in [0.5, 0.6) is 0 Å². The van der Waals surface area contributed by atoms with Gasteiger partial charge in [-0.25, -0.2) is 9.97 Å². The summed E-state index contributed by atoms with van der Waals surface area (Å²) in [6.07, 6.45) is 2.21. The van der Waals surface area contributed by atoms with Crippen molar-refractivity contribution in [3.05, 3.63) is 51.6 Å². The highest BCUT2D eigenvalue weighted by Crippen LogP contribution is 2.36. The van der Waals surface area contributed by atoms with Crippen molar-refractivity contribution in [2.45, 2.75) is 74.1 Å². The Kier molecular flexibility index (Phi) is 4.92. The summed E-state index contributed by atoms with van der Waals surface area (Å²) in [5.74, 6) is 1.34. The summed E-state index contributed by atoms with van der Waals surface area (Å²) in [4.78, 5) is 9.79. The summed E-state index contributed by atoms with van der Waals surface area (Å²) in [7, 11) is 0. The lowest BCUT2D eigenvalue weighted by Crippen LogP contribution is -2.07. The Morgan fingerprint density at radius 3 is 2.00 bits per heavy atom. The first-order chi connectivity index (χ1) is 12.3. The van der Waals surface area contributed by atoms with E-state index in [-0.39, 0.29) is 0 Å². The molecule has 0 fully saturated rings. The van der Waals surface area contributed by atoms with Crippen molar-refractivity contribution in [1.82, 2.24) is 14.5 Å². The van der Waals surface area contributed by atoms with Crippen molar-refractivity contribution in [2.24, 2.45) is 0 Å². The number of aryl methyl sites for hydroxylation is 5. The molecule has 3 heteroatoms. The maximum absolute atomic E-state index is 4.90. The Balaban J connectivity index is 2.45. The summed E-state index contributed by atoms with van der Waals surface area (Å²) >= 11 is 0.